The first-order valence-corrected chi connectivity index (χ1v) is 9.95. The highest BCUT2D eigenvalue weighted by atomic mass is 32.2. The molecule has 0 radical (unpaired) electrons. The third kappa shape index (κ3) is 5.61. The molecule has 2 fully saturated rings. The molecule has 1 heterocycles. The van der Waals surface area contributed by atoms with E-state index < -0.39 is 15.9 Å². The van der Waals surface area contributed by atoms with Crippen LogP contribution in [-0.4, -0.2) is 42.2 Å². The Kier molecular flexibility index (Phi) is 5.74. The molecule has 7 heteroatoms. The summed E-state index contributed by atoms with van der Waals surface area (Å²) in [5.41, 5.74) is 0. The van der Waals surface area contributed by atoms with Gasteiger partial charge in [-0.2, -0.15) is 20.2 Å². The number of carbonyl (C=O) groups excluding carboxylic acids is 1. The van der Waals surface area contributed by atoms with Crippen molar-refractivity contribution in [3.05, 3.63) is 0 Å². The summed E-state index contributed by atoms with van der Waals surface area (Å²) in [4.78, 5) is 11.5. The van der Waals surface area contributed by atoms with E-state index in [4.69, 9.17) is 4.55 Å². The second-order valence-electron chi connectivity index (χ2n) is 5.74. The Bertz CT molecular complexity index is 438. The van der Waals surface area contributed by atoms with Gasteiger partial charge in [0, 0.05) is 18.2 Å². The van der Waals surface area contributed by atoms with Crippen LogP contribution in [0.15, 0.2) is 0 Å². The average Bonchev–Trinajstić information content (AvgIpc) is 3.12. The molecule has 0 aromatic heterocycles. The van der Waals surface area contributed by atoms with Crippen molar-refractivity contribution in [2.45, 2.75) is 43.8 Å². The first-order valence-electron chi connectivity index (χ1n) is 7.29. The van der Waals surface area contributed by atoms with Crippen LogP contribution in [0.3, 0.4) is 0 Å². The summed E-state index contributed by atoms with van der Waals surface area (Å²) < 4.78 is 29.5. The van der Waals surface area contributed by atoms with E-state index in [9.17, 15) is 13.2 Å². The van der Waals surface area contributed by atoms with Crippen LogP contribution in [0.2, 0.25) is 0 Å². The Balaban J connectivity index is 1.49. The molecule has 0 aromatic carbocycles. The van der Waals surface area contributed by atoms with E-state index in [2.05, 4.69) is 17.1 Å². The maximum Gasteiger partial charge on any atom is 0.266 e. The summed E-state index contributed by atoms with van der Waals surface area (Å²) in [6, 6.07) is 0. The lowest BCUT2D eigenvalue weighted by Gasteiger charge is -2.20. The third-order valence-corrected chi connectivity index (χ3v) is 6.28. The summed E-state index contributed by atoms with van der Waals surface area (Å²) in [6.07, 6.45) is 6.32. The Morgan fingerprint density at radius 2 is 2.15 bits per heavy atom. The van der Waals surface area contributed by atoms with Crippen LogP contribution in [0.1, 0.15) is 38.5 Å². The summed E-state index contributed by atoms with van der Waals surface area (Å²) in [7, 11) is -3.98. The Morgan fingerprint density at radius 1 is 1.35 bits per heavy atom. The highest BCUT2D eigenvalue weighted by Gasteiger charge is 2.45. The molecule has 1 amide bonds. The largest absolute Gasteiger partial charge is 0.355 e. The summed E-state index contributed by atoms with van der Waals surface area (Å²) in [5.74, 6) is 2.56. The van der Waals surface area contributed by atoms with E-state index in [1.165, 1.54) is 25.0 Å². The molecule has 3 unspecified atom stereocenters. The van der Waals surface area contributed by atoms with E-state index in [1.807, 2.05) is 0 Å². The number of amides is 1. The Morgan fingerprint density at radius 3 is 2.90 bits per heavy atom. The molecule has 0 aromatic rings. The van der Waals surface area contributed by atoms with Gasteiger partial charge in [-0.15, -0.1) is 0 Å². The molecule has 1 saturated carbocycles. The van der Waals surface area contributed by atoms with Crippen molar-refractivity contribution in [1.29, 1.82) is 0 Å². The van der Waals surface area contributed by atoms with Gasteiger partial charge in [0.25, 0.3) is 10.1 Å². The van der Waals surface area contributed by atoms with E-state index in [-0.39, 0.29) is 12.5 Å². The molecular formula is C13H23NO4S2. The lowest BCUT2D eigenvalue weighted by molar-refractivity contribution is -0.121. The number of unbranched alkanes of at least 4 members (excludes halogenated alkanes) is 1. The lowest BCUT2D eigenvalue weighted by atomic mass is 9.93. The molecule has 116 valence electrons. The average molecular weight is 321 g/mol. The fourth-order valence-electron chi connectivity index (χ4n) is 2.92. The van der Waals surface area contributed by atoms with E-state index in [0.29, 0.717) is 6.42 Å². The zero-order valence-corrected chi connectivity index (χ0v) is 13.2. The van der Waals surface area contributed by atoms with Gasteiger partial charge >= 0.3 is 0 Å². The molecule has 1 aliphatic heterocycles. The predicted molar refractivity (Wildman–Crippen MR) is 80.4 cm³/mol. The number of hydrogen-bond donors (Lipinski definition) is 2. The standard InChI is InChI=1S/C13H23NO4S2/c15-13(14-6-8-20(16,17)18)4-2-1-3-10-5-7-19-12-9-11(10)12/h10-12H,1-9H2,(H,14,15)(H,16,17,18). The fraction of sp³-hybridized carbons (Fsp3) is 0.923. The van der Waals surface area contributed by atoms with Crippen molar-refractivity contribution in [3.63, 3.8) is 0 Å². The van der Waals surface area contributed by atoms with Crippen LogP contribution >= 0.6 is 11.8 Å². The van der Waals surface area contributed by atoms with Gasteiger partial charge < -0.3 is 5.32 Å². The van der Waals surface area contributed by atoms with E-state index in [0.717, 1.165) is 29.9 Å². The van der Waals surface area contributed by atoms with Crippen molar-refractivity contribution in [2.75, 3.05) is 18.1 Å². The Labute approximate surface area is 125 Å². The van der Waals surface area contributed by atoms with Crippen LogP contribution in [-0.2, 0) is 14.9 Å². The minimum absolute atomic E-state index is 0.0126. The van der Waals surface area contributed by atoms with Crippen molar-refractivity contribution in [1.82, 2.24) is 5.32 Å². The molecule has 1 aliphatic carbocycles. The van der Waals surface area contributed by atoms with Gasteiger partial charge in [-0.1, -0.05) is 12.8 Å². The Hall–Kier alpha value is -0.270. The number of nitrogens with one attached hydrogen (secondary N) is 1. The number of rotatable bonds is 8. The molecule has 2 rings (SSSR count). The zero-order chi connectivity index (χ0) is 14.6. The first-order chi connectivity index (χ1) is 9.46. The van der Waals surface area contributed by atoms with Crippen LogP contribution in [0.25, 0.3) is 0 Å². The highest BCUT2D eigenvalue weighted by molar-refractivity contribution is 8.00. The predicted octanol–water partition coefficient (Wildman–Crippen LogP) is 1.69. The SMILES string of the molecule is O=C(CCCCC1CCSC2CC12)NCCS(=O)(=O)O. The van der Waals surface area contributed by atoms with Crippen molar-refractivity contribution in [2.24, 2.45) is 11.8 Å². The van der Waals surface area contributed by atoms with Crippen LogP contribution in [0.5, 0.6) is 0 Å². The summed E-state index contributed by atoms with van der Waals surface area (Å²) in [6.45, 7) is -0.0126. The molecule has 0 bridgehead atoms. The third-order valence-electron chi connectivity index (χ3n) is 4.12. The molecule has 2 N–H and O–H groups in total. The normalized spacial score (nSPS) is 28.8. The number of hydrogen-bond acceptors (Lipinski definition) is 4. The molecular weight excluding hydrogens is 298 g/mol. The van der Waals surface area contributed by atoms with Gasteiger partial charge in [-0.25, -0.2) is 0 Å². The van der Waals surface area contributed by atoms with Gasteiger partial charge in [0.05, 0.1) is 5.75 Å². The fourth-order valence-corrected chi connectivity index (χ4v) is 4.85. The van der Waals surface area contributed by atoms with Gasteiger partial charge in [0.2, 0.25) is 5.91 Å². The van der Waals surface area contributed by atoms with E-state index in [1.54, 1.807) is 0 Å². The minimum atomic E-state index is -3.98. The number of thioether (sulfide) groups is 1. The second-order valence-corrected chi connectivity index (χ2v) is 8.66. The summed E-state index contributed by atoms with van der Waals surface area (Å²) >= 11 is 2.12. The second kappa shape index (κ2) is 7.13. The lowest BCUT2D eigenvalue weighted by Crippen LogP contribution is -2.28. The number of carbonyl (C=O) groups is 1. The van der Waals surface area contributed by atoms with Crippen LogP contribution in [0.4, 0.5) is 0 Å². The van der Waals surface area contributed by atoms with Gasteiger partial charge in [0.15, 0.2) is 0 Å². The van der Waals surface area contributed by atoms with Crippen molar-refractivity contribution < 1.29 is 17.8 Å². The zero-order valence-electron chi connectivity index (χ0n) is 11.6. The van der Waals surface area contributed by atoms with E-state index >= 15 is 0 Å². The molecule has 0 spiro atoms. The van der Waals surface area contributed by atoms with Crippen LogP contribution in [0, 0.1) is 11.8 Å². The molecule has 5 nitrogen and oxygen atoms in total. The van der Waals surface area contributed by atoms with Crippen molar-refractivity contribution >= 4 is 27.8 Å². The molecule has 2 aliphatic rings. The smallest absolute Gasteiger partial charge is 0.266 e. The number of fused-ring (bicyclic) bond motifs is 1. The van der Waals surface area contributed by atoms with Gasteiger partial charge in [-0.3, -0.25) is 9.35 Å². The maximum atomic E-state index is 11.5. The van der Waals surface area contributed by atoms with Gasteiger partial charge in [-0.05, 0) is 36.9 Å². The summed E-state index contributed by atoms with van der Waals surface area (Å²) in [5, 5.41) is 3.44. The van der Waals surface area contributed by atoms with Crippen molar-refractivity contribution in [3.8, 4) is 0 Å². The highest BCUT2D eigenvalue weighted by Crippen LogP contribution is 2.53. The quantitative estimate of drug-likeness (QED) is 0.525. The maximum absolute atomic E-state index is 11.5. The van der Waals surface area contributed by atoms with Crippen LogP contribution < -0.4 is 5.32 Å². The molecule has 20 heavy (non-hydrogen) atoms. The minimum Gasteiger partial charge on any atom is -0.355 e. The van der Waals surface area contributed by atoms with Gasteiger partial charge in [0.1, 0.15) is 0 Å². The molecule has 3 atom stereocenters. The molecule has 1 saturated heterocycles. The monoisotopic (exact) mass is 321 g/mol. The topological polar surface area (TPSA) is 83.5 Å². The first kappa shape index (κ1) is 16.1.